The Kier molecular flexibility index (Phi) is 8.79. The summed E-state index contributed by atoms with van der Waals surface area (Å²) in [5.74, 6) is 1.97. The molecule has 2 unspecified atom stereocenters. The number of benzene rings is 4. The van der Waals surface area contributed by atoms with Crippen LogP contribution < -0.4 is 24.2 Å². The van der Waals surface area contributed by atoms with Crippen molar-refractivity contribution in [3.05, 3.63) is 96.1 Å². The average Bonchev–Trinajstić information content (AvgIpc) is 3.39. The molecule has 0 aliphatic carbocycles. The van der Waals surface area contributed by atoms with E-state index in [4.69, 9.17) is 14.2 Å². The zero-order valence-corrected chi connectivity index (χ0v) is 22.8. The van der Waals surface area contributed by atoms with Gasteiger partial charge in [-0.25, -0.2) is 13.1 Å². The van der Waals surface area contributed by atoms with Crippen molar-refractivity contribution in [3.63, 3.8) is 0 Å². The van der Waals surface area contributed by atoms with Gasteiger partial charge >= 0.3 is 0 Å². The van der Waals surface area contributed by atoms with Gasteiger partial charge in [0.15, 0.2) is 11.5 Å². The molecule has 2 atom stereocenters. The van der Waals surface area contributed by atoms with E-state index in [9.17, 15) is 8.42 Å². The second-order valence-electron chi connectivity index (χ2n) is 9.08. The molecule has 5 rings (SSSR count). The molecule has 7 nitrogen and oxygen atoms in total. The fourth-order valence-electron chi connectivity index (χ4n) is 4.61. The first-order valence-electron chi connectivity index (χ1n) is 12.2. The molecule has 0 bridgehead atoms. The number of nitrogens with one attached hydrogen (secondary N) is 2. The van der Waals surface area contributed by atoms with Crippen LogP contribution in [0.25, 0.3) is 10.8 Å². The van der Waals surface area contributed by atoms with E-state index in [1.807, 2.05) is 36.4 Å². The van der Waals surface area contributed by atoms with Crippen molar-refractivity contribution >= 4 is 33.2 Å². The Morgan fingerprint density at radius 1 is 0.921 bits per heavy atom. The van der Waals surface area contributed by atoms with Crippen molar-refractivity contribution in [3.8, 4) is 17.2 Å². The molecular formula is C29H31ClN2O5S. The van der Waals surface area contributed by atoms with Crippen LogP contribution >= 0.6 is 12.4 Å². The zero-order chi connectivity index (χ0) is 25.8. The summed E-state index contributed by atoms with van der Waals surface area (Å²) in [6, 6.07) is 26.2. The number of hydrogen-bond acceptors (Lipinski definition) is 6. The number of fused-ring (bicyclic) bond motifs is 2. The second-order valence-corrected chi connectivity index (χ2v) is 10.8. The predicted octanol–water partition coefficient (Wildman–Crippen LogP) is 5.24. The summed E-state index contributed by atoms with van der Waals surface area (Å²) >= 11 is 0. The third kappa shape index (κ3) is 6.22. The molecule has 0 radical (unpaired) electrons. The van der Waals surface area contributed by atoms with Gasteiger partial charge in [0.25, 0.3) is 0 Å². The van der Waals surface area contributed by atoms with Gasteiger partial charge in [-0.3, -0.25) is 0 Å². The van der Waals surface area contributed by atoms with Crippen LogP contribution in [-0.2, 0) is 16.4 Å². The minimum atomic E-state index is -3.76. The van der Waals surface area contributed by atoms with E-state index in [0.717, 1.165) is 11.1 Å². The Morgan fingerprint density at radius 2 is 1.66 bits per heavy atom. The number of sulfonamides is 1. The van der Waals surface area contributed by atoms with Crippen molar-refractivity contribution in [2.24, 2.45) is 0 Å². The smallest absolute Gasteiger partial charge is 0.240 e. The molecule has 9 heteroatoms. The van der Waals surface area contributed by atoms with Crippen molar-refractivity contribution in [1.29, 1.82) is 0 Å². The van der Waals surface area contributed by atoms with E-state index < -0.39 is 16.1 Å². The quantitative estimate of drug-likeness (QED) is 0.279. The first kappa shape index (κ1) is 27.7. The number of rotatable bonds is 10. The van der Waals surface area contributed by atoms with Crippen LogP contribution in [0.2, 0.25) is 0 Å². The van der Waals surface area contributed by atoms with Crippen molar-refractivity contribution in [2.45, 2.75) is 30.3 Å². The molecule has 200 valence electrons. The van der Waals surface area contributed by atoms with Crippen LogP contribution in [0.5, 0.6) is 17.2 Å². The lowest BCUT2D eigenvalue weighted by Crippen LogP contribution is -2.44. The maximum Gasteiger partial charge on any atom is 0.240 e. The van der Waals surface area contributed by atoms with Gasteiger partial charge in [0.2, 0.25) is 16.8 Å². The van der Waals surface area contributed by atoms with E-state index in [1.165, 1.54) is 10.8 Å². The van der Waals surface area contributed by atoms with E-state index in [0.29, 0.717) is 30.2 Å². The van der Waals surface area contributed by atoms with Gasteiger partial charge in [0.1, 0.15) is 5.75 Å². The van der Waals surface area contributed by atoms with Gasteiger partial charge in [-0.15, -0.1) is 12.4 Å². The summed E-state index contributed by atoms with van der Waals surface area (Å²) in [4.78, 5) is 0.186. The number of hydrogen-bond donors (Lipinski definition) is 2. The highest BCUT2D eigenvalue weighted by molar-refractivity contribution is 7.89. The minimum absolute atomic E-state index is 0. The molecule has 0 amide bonds. The van der Waals surface area contributed by atoms with Crippen LogP contribution in [0.15, 0.2) is 89.8 Å². The molecule has 0 aromatic heterocycles. The molecule has 1 aliphatic heterocycles. The lowest BCUT2D eigenvalue weighted by atomic mass is 9.99. The maximum atomic E-state index is 13.3. The lowest BCUT2D eigenvalue weighted by molar-refractivity contribution is 0.174. The van der Waals surface area contributed by atoms with Gasteiger partial charge in [0, 0.05) is 18.6 Å². The molecule has 4 aromatic rings. The van der Waals surface area contributed by atoms with E-state index >= 15 is 0 Å². The molecule has 4 aromatic carbocycles. The third-order valence-corrected chi connectivity index (χ3v) is 8.11. The zero-order valence-electron chi connectivity index (χ0n) is 21.2. The van der Waals surface area contributed by atoms with Crippen molar-refractivity contribution in [1.82, 2.24) is 10.0 Å². The second kappa shape index (κ2) is 12.0. The SMILES string of the molecule is COc1ccc(S(=O)(=O)NC(CNC(C)c2cccc3ccccc23)Cc2ccc3c(c2)OCO3)cc1.Cl. The fraction of sp³-hybridized carbons (Fsp3) is 0.241. The Bertz CT molecular complexity index is 1490. The van der Waals surface area contributed by atoms with Crippen LogP contribution in [0.4, 0.5) is 0 Å². The Balaban J connectivity index is 0.00000336. The molecule has 0 saturated carbocycles. The van der Waals surface area contributed by atoms with Crippen LogP contribution in [0, 0.1) is 0 Å². The van der Waals surface area contributed by atoms with Crippen LogP contribution in [0.3, 0.4) is 0 Å². The molecule has 38 heavy (non-hydrogen) atoms. The molecule has 0 fully saturated rings. The summed E-state index contributed by atoms with van der Waals surface area (Å²) in [6.07, 6.45) is 0.473. The van der Waals surface area contributed by atoms with Gasteiger partial charge in [0.05, 0.1) is 12.0 Å². The first-order valence-corrected chi connectivity index (χ1v) is 13.7. The number of ether oxygens (including phenoxy) is 3. The topological polar surface area (TPSA) is 85.9 Å². The molecular weight excluding hydrogens is 524 g/mol. The highest BCUT2D eigenvalue weighted by Gasteiger charge is 2.23. The Hall–Kier alpha value is -3.30. The molecule has 1 aliphatic rings. The van der Waals surface area contributed by atoms with E-state index in [-0.39, 0.29) is 30.1 Å². The summed E-state index contributed by atoms with van der Waals surface area (Å²) in [5.41, 5.74) is 2.12. The summed E-state index contributed by atoms with van der Waals surface area (Å²) in [5, 5.41) is 5.90. The summed E-state index contributed by atoms with van der Waals surface area (Å²) in [6.45, 7) is 2.71. The molecule has 0 spiro atoms. The molecule has 2 N–H and O–H groups in total. The van der Waals surface area contributed by atoms with Crippen molar-refractivity contribution in [2.75, 3.05) is 20.4 Å². The van der Waals surface area contributed by atoms with Gasteiger partial charge in [-0.2, -0.15) is 0 Å². The normalized spacial score (nSPS) is 14.1. The lowest BCUT2D eigenvalue weighted by Gasteiger charge is -2.23. The highest BCUT2D eigenvalue weighted by Crippen LogP contribution is 2.33. The predicted molar refractivity (Wildman–Crippen MR) is 151 cm³/mol. The van der Waals surface area contributed by atoms with Gasteiger partial charge in [-0.05, 0) is 71.6 Å². The molecule has 0 saturated heterocycles. The summed E-state index contributed by atoms with van der Waals surface area (Å²) in [7, 11) is -2.22. The van der Waals surface area contributed by atoms with Crippen molar-refractivity contribution < 1.29 is 22.6 Å². The first-order chi connectivity index (χ1) is 17.9. The monoisotopic (exact) mass is 554 g/mol. The van der Waals surface area contributed by atoms with E-state index in [2.05, 4.69) is 41.2 Å². The number of methoxy groups -OCH3 is 1. The Morgan fingerprint density at radius 3 is 2.45 bits per heavy atom. The highest BCUT2D eigenvalue weighted by atomic mass is 35.5. The van der Waals surface area contributed by atoms with E-state index in [1.54, 1.807) is 31.4 Å². The standard InChI is InChI=1S/C29H30N2O5S.ClH/c1-20(26-9-5-7-22-6-3-4-8-27(22)26)30-18-23(16-21-10-15-28-29(17-21)36-19-35-28)31-37(32,33)25-13-11-24(34-2)12-14-25;/h3-15,17,20,23,30-31H,16,18-19H2,1-2H3;1H. The summed E-state index contributed by atoms with van der Waals surface area (Å²) < 4.78 is 45.6. The number of halogens is 1. The Labute approximate surface area is 229 Å². The maximum absolute atomic E-state index is 13.3. The average molecular weight is 555 g/mol. The third-order valence-electron chi connectivity index (χ3n) is 6.57. The fourth-order valence-corrected chi connectivity index (χ4v) is 5.84. The largest absolute Gasteiger partial charge is 0.497 e. The van der Waals surface area contributed by atoms with Gasteiger partial charge in [-0.1, -0.05) is 48.5 Å². The van der Waals surface area contributed by atoms with Crippen LogP contribution in [0.1, 0.15) is 24.1 Å². The minimum Gasteiger partial charge on any atom is -0.497 e. The molecule has 1 heterocycles. The van der Waals surface area contributed by atoms with Crippen LogP contribution in [-0.4, -0.2) is 34.9 Å². The van der Waals surface area contributed by atoms with Gasteiger partial charge < -0.3 is 19.5 Å².